The molecule has 5 aromatic carbocycles. The van der Waals surface area contributed by atoms with Crippen LogP contribution in [0.1, 0.15) is 22.3 Å². The highest BCUT2D eigenvalue weighted by atomic mass is 15.2. The van der Waals surface area contributed by atoms with E-state index in [1.807, 2.05) is 0 Å². The number of nitrogens with zero attached hydrogens (tertiary/aromatic N) is 1. The van der Waals surface area contributed by atoms with Crippen molar-refractivity contribution >= 4 is 17.1 Å². The van der Waals surface area contributed by atoms with Crippen LogP contribution in [0.5, 0.6) is 0 Å². The summed E-state index contributed by atoms with van der Waals surface area (Å²) in [5, 5.41) is 0. The maximum Gasteiger partial charge on any atom is 0.0503 e. The first-order valence-electron chi connectivity index (χ1n) is 12.0. The number of anilines is 3. The summed E-state index contributed by atoms with van der Waals surface area (Å²) in [6, 6.07) is 46.6. The van der Waals surface area contributed by atoms with Crippen molar-refractivity contribution in [2.45, 2.75) is 18.3 Å². The smallest absolute Gasteiger partial charge is 0.0503 e. The van der Waals surface area contributed by atoms with Gasteiger partial charge in [0.25, 0.3) is 0 Å². The van der Waals surface area contributed by atoms with Crippen molar-refractivity contribution in [3.8, 4) is 11.1 Å². The molecule has 1 spiro atoms. The maximum absolute atomic E-state index is 2.45. The molecule has 0 amide bonds. The van der Waals surface area contributed by atoms with Crippen molar-refractivity contribution in [2.24, 2.45) is 0 Å². The molecule has 0 atom stereocenters. The molecule has 1 aliphatic heterocycles. The summed E-state index contributed by atoms with van der Waals surface area (Å²) in [4.78, 5) is 2.45. The second-order valence-corrected chi connectivity index (χ2v) is 9.49. The quantitative estimate of drug-likeness (QED) is 0.270. The summed E-state index contributed by atoms with van der Waals surface area (Å²) >= 11 is 0. The molecule has 0 N–H and O–H groups in total. The van der Waals surface area contributed by atoms with Crippen LogP contribution in [-0.2, 0) is 18.3 Å². The molecule has 0 radical (unpaired) electrons. The van der Waals surface area contributed by atoms with Gasteiger partial charge < -0.3 is 4.90 Å². The van der Waals surface area contributed by atoms with E-state index in [0.29, 0.717) is 0 Å². The maximum atomic E-state index is 2.45. The van der Waals surface area contributed by atoms with E-state index in [1.165, 1.54) is 50.4 Å². The molecule has 1 heteroatoms. The first kappa shape index (κ1) is 19.4. The van der Waals surface area contributed by atoms with Crippen LogP contribution in [0.2, 0.25) is 0 Å². The average Bonchev–Trinajstić information content (AvgIpc) is 3.30. The molecule has 34 heavy (non-hydrogen) atoms. The van der Waals surface area contributed by atoms with Crippen LogP contribution >= 0.6 is 0 Å². The largest absolute Gasteiger partial charge is 0.310 e. The van der Waals surface area contributed by atoms with E-state index in [4.69, 9.17) is 0 Å². The van der Waals surface area contributed by atoms with Gasteiger partial charge in [-0.1, -0.05) is 103 Å². The van der Waals surface area contributed by atoms with E-state index in [2.05, 4.69) is 132 Å². The topological polar surface area (TPSA) is 3.24 Å². The SMILES string of the molecule is c1ccc(-c2ccc(N3c4ccccc4C4(Cc5ccccc5C4)c4ccccc43)cc2)cc1. The monoisotopic (exact) mass is 435 g/mol. The lowest BCUT2D eigenvalue weighted by atomic mass is 9.68. The van der Waals surface area contributed by atoms with Gasteiger partial charge >= 0.3 is 0 Å². The molecule has 1 aliphatic carbocycles. The van der Waals surface area contributed by atoms with Gasteiger partial charge in [-0.25, -0.2) is 0 Å². The molecular formula is C33H25N. The highest BCUT2D eigenvalue weighted by Gasteiger charge is 2.46. The summed E-state index contributed by atoms with van der Waals surface area (Å²) in [5.74, 6) is 0. The van der Waals surface area contributed by atoms with E-state index < -0.39 is 0 Å². The first-order valence-corrected chi connectivity index (χ1v) is 12.0. The Labute approximate surface area is 201 Å². The fraction of sp³-hybridized carbons (Fsp3) is 0.0909. The normalized spacial score (nSPS) is 15.0. The summed E-state index contributed by atoms with van der Waals surface area (Å²) in [6.45, 7) is 0. The minimum Gasteiger partial charge on any atom is -0.310 e. The van der Waals surface area contributed by atoms with Crippen LogP contribution in [0.25, 0.3) is 11.1 Å². The highest BCUT2D eigenvalue weighted by Crippen LogP contribution is 2.56. The Morgan fingerprint density at radius 2 is 0.912 bits per heavy atom. The minimum atomic E-state index is -0.0165. The Morgan fingerprint density at radius 1 is 0.441 bits per heavy atom. The predicted molar refractivity (Wildman–Crippen MR) is 141 cm³/mol. The van der Waals surface area contributed by atoms with E-state index in [0.717, 1.165) is 12.8 Å². The second-order valence-electron chi connectivity index (χ2n) is 9.49. The lowest BCUT2D eigenvalue weighted by Gasteiger charge is -2.44. The molecule has 1 heterocycles. The fourth-order valence-corrected chi connectivity index (χ4v) is 6.13. The second kappa shape index (κ2) is 7.46. The van der Waals surface area contributed by atoms with Crippen LogP contribution in [-0.4, -0.2) is 0 Å². The van der Waals surface area contributed by atoms with Gasteiger partial charge in [-0.15, -0.1) is 0 Å². The molecule has 0 bridgehead atoms. The van der Waals surface area contributed by atoms with E-state index >= 15 is 0 Å². The van der Waals surface area contributed by atoms with Gasteiger partial charge in [-0.3, -0.25) is 0 Å². The van der Waals surface area contributed by atoms with Gasteiger partial charge in [0.15, 0.2) is 0 Å². The predicted octanol–water partition coefficient (Wildman–Crippen LogP) is 8.22. The number of benzene rings is 5. The van der Waals surface area contributed by atoms with Crippen LogP contribution in [0.15, 0.2) is 127 Å². The molecule has 0 saturated carbocycles. The van der Waals surface area contributed by atoms with Gasteiger partial charge in [0, 0.05) is 11.1 Å². The summed E-state index contributed by atoms with van der Waals surface area (Å²) in [5.41, 5.74) is 12.1. The van der Waals surface area contributed by atoms with Crippen molar-refractivity contribution in [3.63, 3.8) is 0 Å². The number of hydrogen-bond acceptors (Lipinski definition) is 1. The molecule has 0 aromatic heterocycles. The Morgan fingerprint density at radius 3 is 1.50 bits per heavy atom. The molecule has 2 aliphatic rings. The fourth-order valence-electron chi connectivity index (χ4n) is 6.13. The molecular weight excluding hydrogens is 410 g/mol. The van der Waals surface area contributed by atoms with Crippen molar-refractivity contribution in [1.82, 2.24) is 0 Å². The van der Waals surface area contributed by atoms with Crippen molar-refractivity contribution in [3.05, 3.63) is 150 Å². The lowest BCUT2D eigenvalue weighted by molar-refractivity contribution is 0.543. The van der Waals surface area contributed by atoms with Crippen molar-refractivity contribution in [2.75, 3.05) is 4.90 Å². The molecule has 0 saturated heterocycles. The Balaban J connectivity index is 1.40. The minimum absolute atomic E-state index is 0.0165. The highest BCUT2D eigenvalue weighted by molar-refractivity contribution is 5.87. The number of hydrogen-bond donors (Lipinski definition) is 0. The van der Waals surface area contributed by atoms with Gasteiger partial charge in [0.1, 0.15) is 0 Å². The number of fused-ring (bicyclic) bond motifs is 5. The van der Waals surface area contributed by atoms with Gasteiger partial charge in [0.05, 0.1) is 11.4 Å². The zero-order valence-electron chi connectivity index (χ0n) is 19.0. The van der Waals surface area contributed by atoms with Gasteiger partial charge in [-0.05, 0) is 70.5 Å². The van der Waals surface area contributed by atoms with Crippen LogP contribution in [0, 0.1) is 0 Å². The zero-order valence-corrected chi connectivity index (χ0v) is 19.0. The lowest BCUT2D eigenvalue weighted by Crippen LogP contribution is -2.36. The van der Waals surface area contributed by atoms with E-state index in [-0.39, 0.29) is 5.41 Å². The molecule has 7 rings (SSSR count). The molecule has 0 unspecified atom stereocenters. The third-order valence-corrected chi connectivity index (χ3v) is 7.66. The molecule has 162 valence electrons. The van der Waals surface area contributed by atoms with Crippen molar-refractivity contribution < 1.29 is 0 Å². The number of rotatable bonds is 2. The zero-order chi connectivity index (χ0) is 22.5. The first-order chi connectivity index (χ1) is 16.8. The van der Waals surface area contributed by atoms with E-state index in [1.54, 1.807) is 0 Å². The summed E-state index contributed by atoms with van der Waals surface area (Å²) < 4.78 is 0. The number of para-hydroxylation sites is 2. The van der Waals surface area contributed by atoms with Gasteiger partial charge in [-0.2, -0.15) is 0 Å². The molecule has 1 nitrogen and oxygen atoms in total. The van der Waals surface area contributed by atoms with E-state index in [9.17, 15) is 0 Å². The average molecular weight is 436 g/mol. The molecule has 0 fully saturated rings. The van der Waals surface area contributed by atoms with Crippen LogP contribution in [0.4, 0.5) is 17.1 Å². The third kappa shape index (κ3) is 2.80. The third-order valence-electron chi connectivity index (χ3n) is 7.66. The Bertz CT molecular complexity index is 1420. The van der Waals surface area contributed by atoms with Crippen LogP contribution in [0.3, 0.4) is 0 Å². The Hall–Kier alpha value is -4.10. The van der Waals surface area contributed by atoms with Crippen LogP contribution < -0.4 is 4.90 Å². The van der Waals surface area contributed by atoms with Gasteiger partial charge in [0.2, 0.25) is 0 Å². The Kier molecular flexibility index (Phi) is 4.25. The molecule has 5 aromatic rings. The van der Waals surface area contributed by atoms with Crippen molar-refractivity contribution in [1.29, 1.82) is 0 Å². The summed E-state index contributed by atoms with van der Waals surface area (Å²) in [6.07, 6.45) is 2.11. The summed E-state index contributed by atoms with van der Waals surface area (Å²) in [7, 11) is 0. The standard InChI is InChI=1S/C33H25N/c1-2-10-24(11-3-1)25-18-20-28(21-19-25)34-31-16-8-6-14-29(31)33(30-15-7-9-17-32(30)34)22-26-12-4-5-13-27(26)23-33/h1-21H,22-23H2.